The molecule has 0 saturated heterocycles. The number of H-pyrrole nitrogens is 1. The van der Waals surface area contributed by atoms with Gasteiger partial charge in [0.15, 0.2) is 0 Å². The van der Waals surface area contributed by atoms with E-state index in [4.69, 9.17) is 4.74 Å². The molecule has 1 aromatic carbocycles. The van der Waals surface area contributed by atoms with Crippen LogP contribution in [0.2, 0.25) is 0 Å². The Morgan fingerprint density at radius 3 is 2.87 bits per heavy atom. The maximum Gasteiger partial charge on any atom is 0.268 e. The van der Waals surface area contributed by atoms with Gasteiger partial charge < -0.3 is 15.0 Å². The number of carbonyl (C=O) groups excluding carboxylic acids is 1. The lowest BCUT2D eigenvalue weighted by Gasteiger charge is -2.16. The van der Waals surface area contributed by atoms with Gasteiger partial charge in [-0.1, -0.05) is 6.92 Å². The molecule has 6 heteroatoms. The number of methoxy groups -OCH3 is 1. The second-order valence-corrected chi connectivity index (χ2v) is 5.45. The number of aromatic nitrogens is 3. The zero-order chi connectivity index (χ0) is 16.4. The van der Waals surface area contributed by atoms with E-state index in [9.17, 15) is 4.79 Å². The van der Waals surface area contributed by atoms with Crippen LogP contribution in [0.25, 0.3) is 10.9 Å². The van der Waals surface area contributed by atoms with Crippen LogP contribution in [0.3, 0.4) is 0 Å². The summed E-state index contributed by atoms with van der Waals surface area (Å²) >= 11 is 0. The summed E-state index contributed by atoms with van der Waals surface area (Å²) in [7, 11) is 3.50. The summed E-state index contributed by atoms with van der Waals surface area (Å²) in [5.41, 5.74) is 2.43. The standard InChI is InChI=1S/C17H20N4O2/c1-4-13(16-7-8-18-21(16)2)20-17(22)15-10-11-9-12(23-3)5-6-14(11)19-15/h5-10,13,19H,4H2,1-3H3,(H,20,22)/t13-/m0/s1. The van der Waals surface area contributed by atoms with Crippen molar-refractivity contribution >= 4 is 16.8 Å². The van der Waals surface area contributed by atoms with Gasteiger partial charge in [-0.15, -0.1) is 0 Å². The van der Waals surface area contributed by atoms with Gasteiger partial charge in [-0.05, 0) is 36.8 Å². The molecule has 0 aliphatic carbocycles. The van der Waals surface area contributed by atoms with E-state index in [1.807, 2.05) is 44.3 Å². The predicted molar refractivity (Wildman–Crippen MR) is 88.6 cm³/mol. The van der Waals surface area contributed by atoms with E-state index in [0.29, 0.717) is 5.69 Å². The van der Waals surface area contributed by atoms with Crippen LogP contribution in [0.5, 0.6) is 5.75 Å². The van der Waals surface area contributed by atoms with Crippen LogP contribution in [-0.2, 0) is 7.05 Å². The van der Waals surface area contributed by atoms with Crippen LogP contribution in [0.15, 0.2) is 36.5 Å². The number of ether oxygens (including phenoxy) is 1. The number of rotatable bonds is 5. The molecule has 0 radical (unpaired) electrons. The summed E-state index contributed by atoms with van der Waals surface area (Å²) in [6.45, 7) is 2.04. The first-order valence-electron chi connectivity index (χ1n) is 7.58. The summed E-state index contributed by atoms with van der Waals surface area (Å²) in [5, 5.41) is 8.16. The van der Waals surface area contributed by atoms with Crippen molar-refractivity contribution in [2.75, 3.05) is 7.11 Å². The average Bonchev–Trinajstić information content (AvgIpc) is 3.17. The Balaban J connectivity index is 1.83. The molecule has 6 nitrogen and oxygen atoms in total. The number of nitrogens with one attached hydrogen (secondary N) is 2. The normalized spacial score (nSPS) is 12.3. The number of carbonyl (C=O) groups is 1. The topological polar surface area (TPSA) is 71.9 Å². The lowest BCUT2D eigenvalue weighted by atomic mass is 10.1. The molecule has 0 aliphatic heterocycles. The molecular weight excluding hydrogens is 292 g/mol. The van der Waals surface area contributed by atoms with Gasteiger partial charge in [-0.2, -0.15) is 5.10 Å². The van der Waals surface area contributed by atoms with E-state index in [1.165, 1.54) is 0 Å². The number of aromatic amines is 1. The number of amides is 1. The summed E-state index contributed by atoms with van der Waals surface area (Å²) < 4.78 is 6.99. The largest absolute Gasteiger partial charge is 0.497 e. The van der Waals surface area contributed by atoms with E-state index >= 15 is 0 Å². The van der Waals surface area contributed by atoms with Gasteiger partial charge in [0, 0.05) is 24.1 Å². The molecule has 2 N–H and O–H groups in total. The minimum absolute atomic E-state index is 0.0732. The Bertz CT molecular complexity index is 834. The Kier molecular flexibility index (Phi) is 4.06. The lowest BCUT2D eigenvalue weighted by molar-refractivity contribution is 0.0929. The second-order valence-electron chi connectivity index (χ2n) is 5.45. The number of nitrogens with zero attached hydrogens (tertiary/aromatic N) is 2. The SMILES string of the molecule is CC[C@H](NC(=O)c1cc2cc(OC)ccc2[nH]1)c1ccnn1C. The number of fused-ring (bicyclic) bond motifs is 1. The predicted octanol–water partition coefficient (Wildman–Crippen LogP) is 2.79. The van der Waals surface area contributed by atoms with Crippen LogP contribution in [0.4, 0.5) is 0 Å². The van der Waals surface area contributed by atoms with Crippen molar-refractivity contribution in [2.24, 2.45) is 7.05 Å². The van der Waals surface area contributed by atoms with Gasteiger partial charge in [-0.3, -0.25) is 9.48 Å². The fourth-order valence-corrected chi connectivity index (χ4v) is 2.71. The third-order valence-corrected chi connectivity index (χ3v) is 4.00. The van der Waals surface area contributed by atoms with Gasteiger partial charge in [-0.25, -0.2) is 0 Å². The highest BCUT2D eigenvalue weighted by Gasteiger charge is 2.18. The summed E-state index contributed by atoms with van der Waals surface area (Å²) in [5.74, 6) is 0.637. The second kappa shape index (κ2) is 6.16. The van der Waals surface area contributed by atoms with Crippen molar-refractivity contribution in [1.29, 1.82) is 0 Å². The van der Waals surface area contributed by atoms with E-state index in [2.05, 4.69) is 15.4 Å². The molecule has 3 aromatic rings. The molecule has 23 heavy (non-hydrogen) atoms. The van der Waals surface area contributed by atoms with Gasteiger partial charge in [0.25, 0.3) is 5.91 Å². The molecule has 1 amide bonds. The molecule has 1 atom stereocenters. The van der Waals surface area contributed by atoms with Gasteiger partial charge >= 0.3 is 0 Å². The third-order valence-electron chi connectivity index (χ3n) is 4.00. The Labute approximate surface area is 134 Å². The smallest absolute Gasteiger partial charge is 0.268 e. The molecule has 0 bridgehead atoms. The van der Waals surface area contributed by atoms with Crippen LogP contribution >= 0.6 is 0 Å². The maximum atomic E-state index is 12.5. The fraction of sp³-hybridized carbons (Fsp3) is 0.294. The quantitative estimate of drug-likeness (QED) is 0.761. The van der Waals surface area contributed by atoms with Gasteiger partial charge in [0.2, 0.25) is 0 Å². The molecule has 0 unspecified atom stereocenters. The Morgan fingerprint density at radius 2 is 2.22 bits per heavy atom. The minimum atomic E-state index is -0.131. The zero-order valence-corrected chi connectivity index (χ0v) is 13.5. The summed E-state index contributed by atoms with van der Waals surface area (Å²) in [6, 6.07) is 9.36. The zero-order valence-electron chi connectivity index (χ0n) is 13.5. The first-order chi connectivity index (χ1) is 11.1. The molecule has 0 saturated carbocycles. The molecule has 3 rings (SSSR count). The van der Waals surface area contributed by atoms with E-state index in [-0.39, 0.29) is 11.9 Å². The first-order valence-corrected chi connectivity index (χ1v) is 7.58. The van der Waals surface area contributed by atoms with Crippen molar-refractivity contribution in [3.63, 3.8) is 0 Å². The van der Waals surface area contributed by atoms with Crippen molar-refractivity contribution in [2.45, 2.75) is 19.4 Å². The highest BCUT2D eigenvalue weighted by Crippen LogP contribution is 2.22. The number of hydrogen-bond acceptors (Lipinski definition) is 3. The van der Waals surface area contributed by atoms with Crippen LogP contribution in [0, 0.1) is 0 Å². The summed E-state index contributed by atoms with van der Waals surface area (Å²) in [4.78, 5) is 15.7. The minimum Gasteiger partial charge on any atom is -0.497 e. The Morgan fingerprint density at radius 1 is 1.39 bits per heavy atom. The van der Waals surface area contributed by atoms with Crippen molar-refractivity contribution in [3.05, 3.63) is 47.9 Å². The average molecular weight is 312 g/mol. The molecule has 2 aromatic heterocycles. The number of hydrogen-bond donors (Lipinski definition) is 2. The highest BCUT2D eigenvalue weighted by atomic mass is 16.5. The molecule has 2 heterocycles. The molecule has 0 aliphatic rings. The van der Waals surface area contributed by atoms with Crippen molar-refractivity contribution in [1.82, 2.24) is 20.1 Å². The molecule has 0 spiro atoms. The van der Waals surface area contributed by atoms with E-state index in [1.54, 1.807) is 18.0 Å². The highest BCUT2D eigenvalue weighted by molar-refractivity contribution is 5.98. The molecule has 0 fully saturated rings. The lowest BCUT2D eigenvalue weighted by Crippen LogP contribution is -2.29. The maximum absolute atomic E-state index is 12.5. The van der Waals surface area contributed by atoms with Gasteiger partial charge in [0.05, 0.1) is 18.8 Å². The monoisotopic (exact) mass is 312 g/mol. The van der Waals surface area contributed by atoms with Crippen LogP contribution in [0.1, 0.15) is 35.6 Å². The number of benzene rings is 1. The number of aryl methyl sites for hydroxylation is 1. The van der Waals surface area contributed by atoms with Gasteiger partial charge in [0.1, 0.15) is 11.4 Å². The molecule has 120 valence electrons. The first kappa shape index (κ1) is 15.1. The Hall–Kier alpha value is -2.76. The van der Waals surface area contributed by atoms with E-state index in [0.717, 1.165) is 28.8 Å². The molecular formula is C17H20N4O2. The third kappa shape index (κ3) is 2.92. The van der Waals surface area contributed by atoms with Crippen LogP contribution in [-0.4, -0.2) is 27.8 Å². The van der Waals surface area contributed by atoms with E-state index < -0.39 is 0 Å². The summed E-state index contributed by atoms with van der Waals surface area (Å²) in [6.07, 6.45) is 2.53. The van der Waals surface area contributed by atoms with Crippen LogP contribution < -0.4 is 10.1 Å². The van der Waals surface area contributed by atoms with Crippen molar-refractivity contribution < 1.29 is 9.53 Å². The van der Waals surface area contributed by atoms with Crippen molar-refractivity contribution in [3.8, 4) is 5.75 Å². The fourth-order valence-electron chi connectivity index (χ4n) is 2.71.